The standard InChI is InChI=1S/C12H15Cl2NO/c1-8-6-10(4-5-16-8)15-12-3-2-9(13)7-11(12)14/h2-3,7-8,10,15H,4-6H2,1H3. The summed E-state index contributed by atoms with van der Waals surface area (Å²) in [5, 5.41) is 4.77. The zero-order valence-electron chi connectivity index (χ0n) is 9.17. The molecule has 0 aromatic heterocycles. The summed E-state index contributed by atoms with van der Waals surface area (Å²) >= 11 is 12.0. The molecule has 0 spiro atoms. The average molecular weight is 260 g/mol. The van der Waals surface area contributed by atoms with Crippen molar-refractivity contribution in [3.05, 3.63) is 28.2 Å². The minimum absolute atomic E-state index is 0.317. The van der Waals surface area contributed by atoms with Gasteiger partial charge in [-0.3, -0.25) is 0 Å². The van der Waals surface area contributed by atoms with E-state index in [1.807, 2.05) is 12.1 Å². The molecule has 16 heavy (non-hydrogen) atoms. The minimum atomic E-state index is 0.317. The number of rotatable bonds is 2. The second kappa shape index (κ2) is 5.26. The molecule has 1 aliphatic heterocycles. The molecule has 0 amide bonds. The van der Waals surface area contributed by atoms with Gasteiger partial charge >= 0.3 is 0 Å². The van der Waals surface area contributed by atoms with Gasteiger partial charge in [-0.1, -0.05) is 23.2 Å². The van der Waals surface area contributed by atoms with Crippen LogP contribution in [0.2, 0.25) is 10.0 Å². The smallest absolute Gasteiger partial charge is 0.0652 e. The van der Waals surface area contributed by atoms with Crippen LogP contribution in [0.1, 0.15) is 19.8 Å². The molecule has 1 aromatic rings. The minimum Gasteiger partial charge on any atom is -0.381 e. The van der Waals surface area contributed by atoms with E-state index in [4.69, 9.17) is 27.9 Å². The fourth-order valence-corrected chi connectivity index (χ4v) is 2.42. The lowest BCUT2D eigenvalue weighted by atomic mass is 10.0. The van der Waals surface area contributed by atoms with E-state index < -0.39 is 0 Å². The van der Waals surface area contributed by atoms with Crippen LogP contribution in [0.5, 0.6) is 0 Å². The quantitative estimate of drug-likeness (QED) is 0.868. The normalized spacial score (nSPS) is 25.4. The van der Waals surface area contributed by atoms with Gasteiger partial charge in [-0.2, -0.15) is 0 Å². The third-order valence-electron chi connectivity index (χ3n) is 2.78. The fraction of sp³-hybridized carbons (Fsp3) is 0.500. The molecule has 0 bridgehead atoms. The first-order valence-corrected chi connectivity index (χ1v) is 6.24. The molecular formula is C12H15Cl2NO. The van der Waals surface area contributed by atoms with Crippen molar-refractivity contribution >= 4 is 28.9 Å². The van der Waals surface area contributed by atoms with Gasteiger partial charge in [0, 0.05) is 17.7 Å². The Hall–Kier alpha value is -0.440. The van der Waals surface area contributed by atoms with Gasteiger partial charge in [-0.25, -0.2) is 0 Å². The SMILES string of the molecule is CC1CC(Nc2ccc(Cl)cc2Cl)CCO1. The zero-order chi connectivity index (χ0) is 11.5. The van der Waals surface area contributed by atoms with Crippen LogP contribution in [0.15, 0.2) is 18.2 Å². The van der Waals surface area contributed by atoms with E-state index in [2.05, 4.69) is 12.2 Å². The fourth-order valence-electron chi connectivity index (χ4n) is 1.96. The summed E-state index contributed by atoms with van der Waals surface area (Å²) in [6.45, 7) is 2.90. The van der Waals surface area contributed by atoms with E-state index in [-0.39, 0.29) is 0 Å². The van der Waals surface area contributed by atoms with Gasteiger partial charge in [0.15, 0.2) is 0 Å². The molecule has 1 N–H and O–H groups in total. The molecule has 4 heteroatoms. The van der Waals surface area contributed by atoms with Crippen molar-refractivity contribution in [1.82, 2.24) is 0 Å². The van der Waals surface area contributed by atoms with E-state index in [1.54, 1.807) is 6.07 Å². The maximum absolute atomic E-state index is 6.11. The lowest BCUT2D eigenvalue weighted by molar-refractivity contribution is 0.0232. The van der Waals surface area contributed by atoms with Crippen molar-refractivity contribution in [2.75, 3.05) is 11.9 Å². The van der Waals surface area contributed by atoms with Gasteiger partial charge in [0.05, 0.1) is 16.8 Å². The summed E-state index contributed by atoms with van der Waals surface area (Å²) in [5.74, 6) is 0. The average Bonchev–Trinajstić information content (AvgIpc) is 2.22. The van der Waals surface area contributed by atoms with Crippen molar-refractivity contribution in [3.8, 4) is 0 Å². The number of halogens is 2. The summed E-state index contributed by atoms with van der Waals surface area (Å²) < 4.78 is 5.50. The molecule has 2 rings (SSSR count). The van der Waals surface area contributed by atoms with E-state index in [9.17, 15) is 0 Å². The van der Waals surface area contributed by atoms with Crippen molar-refractivity contribution in [2.24, 2.45) is 0 Å². The number of ether oxygens (including phenoxy) is 1. The molecule has 1 aliphatic rings. The first-order chi connectivity index (χ1) is 7.65. The van der Waals surface area contributed by atoms with E-state index in [0.29, 0.717) is 22.2 Å². The molecule has 1 saturated heterocycles. The molecule has 1 heterocycles. The van der Waals surface area contributed by atoms with Crippen LogP contribution >= 0.6 is 23.2 Å². The molecule has 2 unspecified atom stereocenters. The van der Waals surface area contributed by atoms with Crippen LogP contribution in [-0.4, -0.2) is 18.8 Å². The molecule has 0 radical (unpaired) electrons. The van der Waals surface area contributed by atoms with Gasteiger partial charge < -0.3 is 10.1 Å². The van der Waals surface area contributed by atoms with Crippen LogP contribution in [0.25, 0.3) is 0 Å². The van der Waals surface area contributed by atoms with Crippen LogP contribution in [0.4, 0.5) is 5.69 Å². The van der Waals surface area contributed by atoms with Crippen LogP contribution in [-0.2, 0) is 4.74 Å². The van der Waals surface area contributed by atoms with Gasteiger partial charge in [-0.15, -0.1) is 0 Å². The summed E-state index contributed by atoms with van der Waals surface area (Å²) in [5.41, 5.74) is 0.949. The van der Waals surface area contributed by atoms with E-state index >= 15 is 0 Å². The second-order valence-electron chi connectivity index (χ2n) is 4.17. The highest BCUT2D eigenvalue weighted by Gasteiger charge is 2.19. The molecule has 2 nitrogen and oxygen atoms in total. The van der Waals surface area contributed by atoms with Crippen molar-refractivity contribution in [2.45, 2.75) is 31.9 Å². The molecule has 0 aliphatic carbocycles. The number of hydrogen-bond acceptors (Lipinski definition) is 2. The first-order valence-electron chi connectivity index (χ1n) is 5.48. The van der Waals surface area contributed by atoms with Gasteiger partial charge in [0.1, 0.15) is 0 Å². The number of benzene rings is 1. The lowest BCUT2D eigenvalue weighted by Gasteiger charge is -2.29. The largest absolute Gasteiger partial charge is 0.381 e. The zero-order valence-corrected chi connectivity index (χ0v) is 10.7. The summed E-state index contributed by atoms with van der Waals surface area (Å²) in [6, 6.07) is 5.96. The predicted octanol–water partition coefficient (Wildman–Crippen LogP) is 3.97. The van der Waals surface area contributed by atoms with Crippen LogP contribution < -0.4 is 5.32 Å². The van der Waals surface area contributed by atoms with E-state index in [1.165, 1.54) is 0 Å². The summed E-state index contributed by atoms with van der Waals surface area (Å²) in [6.07, 6.45) is 2.35. The van der Waals surface area contributed by atoms with Gasteiger partial charge in [-0.05, 0) is 38.0 Å². The number of hydrogen-bond donors (Lipinski definition) is 1. The molecule has 88 valence electrons. The maximum Gasteiger partial charge on any atom is 0.0652 e. The molecular weight excluding hydrogens is 245 g/mol. The molecule has 1 fully saturated rings. The Morgan fingerprint density at radius 3 is 2.88 bits per heavy atom. The number of anilines is 1. The summed E-state index contributed by atoms with van der Waals surface area (Å²) in [4.78, 5) is 0. The van der Waals surface area contributed by atoms with Gasteiger partial charge in [0.2, 0.25) is 0 Å². The molecule has 2 atom stereocenters. The Kier molecular flexibility index (Phi) is 3.95. The highest BCUT2D eigenvalue weighted by molar-refractivity contribution is 6.36. The third kappa shape index (κ3) is 3.03. The Bertz CT molecular complexity index is 370. The maximum atomic E-state index is 6.11. The highest BCUT2D eigenvalue weighted by atomic mass is 35.5. The third-order valence-corrected chi connectivity index (χ3v) is 3.32. The molecule has 0 saturated carbocycles. The van der Waals surface area contributed by atoms with Crippen molar-refractivity contribution < 1.29 is 4.74 Å². The van der Waals surface area contributed by atoms with E-state index in [0.717, 1.165) is 25.1 Å². The summed E-state index contributed by atoms with van der Waals surface area (Å²) in [7, 11) is 0. The topological polar surface area (TPSA) is 21.3 Å². The molecule has 1 aromatic carbocycles. The van der Waals surface area contributed by atoms with Crippen LogP contribution in [0.3, 0.4) is 0 Å². The Morgan fingerprint density at radius 2 is 2.19 bits per heavy atom. The Morgan fingerprint density at radius 1 is 1.38 bits per heavy atom. The van der Waals surface area contributed by atoms with Crippen molar-refractivity contribution in [1.29, 1.82) is 0 Å². The van der Waals surface area contributed by atoms with Crippen molar-refractivity contribution in [3.63, 3.8) is 0 Å². The lowest BCUT2D eigenvalue weighted by Crippen LogP contribution is -2.32. The predicted molar refractivity (Wildman–Crippen MR) is 68.5 cm³/mol. The highest BCUT2D eigenvalue weighted by Crippen LogP contribution is 2.27. The first kappa shape index (κ1) is 12.0. The number of nitrogens with one attached hydrogen (secondary N) is 1. The Labute approximate surface area is 106 Å². The Balaban J connectivity index is 2.02. The van der Waals surface area contributed by atoms with Crippen LogP contribution in [0, 0.1) is 0 Å². The van der Waals surface area contributed by atoms with Gasteiger partial charge in [0.25, 0.3) is 0 Å². The second-order valence-corrected chi connectivity index (χ2v) is 5.01. The monoisotopic (exact) mass is 259 g/mol.